The number of halogens is 1. The highest BCUT2D eigenvalue weighted by molar-refractivity contribution is 5.92. The number of pyridine rings is 3. The van der Waals surface area contributed by atoms with Crippen LogP contribution >= 0.6 is 0 Å². The Labute approximate surface area is 176 Å². The lowest BCUT2D eigenvalue weighted by Gasteiger charge is -2.16. The Kier molecular flexibility index (Phi) is 4.91. The monoisotopic (exact) mass is 416 g/mol. The van der Waals surface area contributed by atoms with Crippen LogP contribution in [0.2, 0.25) is 0 Å². The third-order valence-corrected chi connectivity index (χ3v) is 5.38. The van der Waals surface area contributed by atoms with E-state index in [1.165, 1.54) is 18.3 Å². The second kappa shape index (κ2) is 8.02. The lowest BCUT2D eigenvalue weighted by Crippen LogP contribution is -2.30. The number of carbonyl (C=O) groups is 1. The van der Waals surface area contributed by atoms with E-state index in [0.29, 0.717) is 24.8 Å². The summed E-state index contributed by atoms with van der Waals surface area (Å²) in [6.45, 7) is 0.657. The molecule has 9 heteroatoms. The van der Waals surface area contributed by atoms with Crippen molar-refractivity contribution in [1.82, 2.24) is 30.0 Å². The zero-order chi connectivity index (χ0) is 21.2. The Morgan fingerprint density at radius 3 is 2.58 bits per heavy atom. The molecule has 1 amide bonds. The Morgan fingerprint density at radius 2 is 1.81 bits per heavy atom. The molecule has 0 aromatic carbocycles. The third-order valence-electron chi connectivity index (χ3n) is 5.38. The lowest BCUT2D eigenvalue weighted by molar-refractivity contribution is 0.0777. The van der Waals surface area contributed by atoms with Crippen LogP contribution in [-0.2, 0) is 0 Å². The molecule has 5 rings (SSSR count). The number of hydrogen-bond acceptors (Lipinski definition) is 7. The normalized spacial score (nSPS) is 18.3. The first-order valence-corrected chi connectivity index (χ1v) is 9.74. The van der Waals surface area contributed by atoms with Crippen molar-refractivity contribution in [3.63, 3.8) is 0 Å². The molecule has 8 nitrogen and oxygen atoms in total. The molecule has 0 N–H and O–H groups in total. The molecule has 1 aliphatic rings. The van der Waals surface area contributed by atoms with Gasteiger partial charge < -0.3 is 9.42 Å². The molecule has 0 saturated carbocycles. The molecule has 1 saturated heterocycles. The molecule has 0 spiro atoms. The van der Waals surface area contributed by atoms with Gasteiger partial charge in [0.15, 0.2) is 11.5 Å². The van der Waals surface area contributed by atoms with Gasteiger partial charge >= 0.3 is 0 Å². The number of hydrogen-bond donors (Lipinski definition) is 0. The van der Waals surface area contributed by atoms with Crippen molar-refractivity contribution in [1.29, 1.82) is 0 Å². The summed E-state index contributed by atoms with van der Waals surface area (Å²) in [5.74, 6) is -0.645. The fraction of sp³-hybridized carbons (Fsp3) is 0.182. The molecule has 0 radical (unpaired) electrons. The summed E-state index contributed by atoms with van der Waals surface area (Å²) < 4.78 is 19.7. The minimum atomic E-state index is -0.647. The topological polar surface area (TPSA) is 97.9 Å². The molecule has 5 heterocycles. The molecule has 0 unspecified atom stereocenters. The summed E-state index contributed by atoms with van der Waals surface area (Å²) in [7, 11) is 0. The number of likely N-dealkylation sites (tertiary alicyclic amines) is 1. The predicted octanol–water partition coefficient (Wildman–Crippen LogP) is 3.08. The Balaban J connectivity index is 1.48. The summed E-state index contributed by atoms with van der Waals surface area (Å²) in [6.07, 6.45) is 8.16. The SMILES string of the molecule is O=C(c1ncccc1F)N1C[C@@H](c2cccnc2)[C@H](c2nc(-c3ccncc3)no2)C1. The van der Waals surface area contributed by atoms with Crippen LogP contribution in [-0.4, -0.2) is 49.0 Å². The molecule has 31 heavy (non-hydrogen) atoms. The van der Waals surface area contributed by atoms with Crippen molar-refractivity contribution in [2.24, 2.45) is 0 Å². The van der Waals surface area contributed by atoms with E-state index in [2.05, 4.69) is 25.1 Å². The van der Waals surface area contributed by atoms with Crippen LogP contribution in [0.3, 0.4) is 0 Å². The number of nitrogens with zero attached hydrogens (tertiary/aromatic N) is 6. The van der Waals surface area contributed by atoms with Gasteiger partial charge in [0.2, 0.25) is 11.7 Å². The first-order chi connectivity index (χ1) is 15.2. The summed E-state index contributed by atoms with van der Waals surface area (Å²) in [4.78, 5) is 31.3. The smallest absolute Gasteiger partial charge is 0.275 e. The van der Waals surface area contributed by atoms with Gasteiger partial charge in [-0.3, -0.25) is 14.8 Å². The van der Waals surface area contributed by atoms with E-state index >= 15 is 0 Å². The lowest BCUT2D eigenvalue weighted by atomic mass is 9.90. The van der Waals surface area contributed by atoms with Gasteiger partial charge in [0, 0.05) is 55.6 Å². The van der Waals surface area contributed by atoms with Gasteiger partial charge in [0.05, 0.1) is 5.92 Å². The Bertz CT molecular complexity index is 1200. The molecule has 1 aliphatic heterocycles. The fourth-order valence-electron chi connectivity index (χ4n) is 3.85. The highest BCUT2D eigenvalue weighted by atomic mass is 19.1. The van der Waals surface area contributed by atoms with Crippen LogP contribution < -0.4 is 0 Å². The van der Waals surface area contributed by atoms with Crippen LogP contribution in [0.1, 0.15) is 33.8 Å². The summed E-state index contributed by atoms with van der Waals surface area (Å²) in [5, 5.41) is 4.10. The number of aromatic nitrogens is 5. The zero-order valence-electron chi connectivity index (χ0n) is 16.3. The van der Waals surface area contributed by atoms with E-state index in [9.17, 15) is 9.18 Å². The molecule has 154 valence electrons. The van der Waals surface area contributed by atoms with Crippen molar-refractivity contribution < 1.29 is 13.7 Å². The van der Waals surface area contributed by atoms with E-state index < -0.39 is 11.7 Å². The highest BCUT2D eigenvalue weighted by Crippen LogP contribution is 2.39. The molecule has 0 aliphatic carbocycles. The minimum Gasteiger partial charge on any atom is -0.339 e. The van der Waals surface area contributed by atoms with Crippen LogP contribution in [0.15, 0.2) is 71.9 Å². The second-order valence-electron chi connectivity index (χ2n) is 7.24. The van der Waals surface area contributed by atoms with Gasteiger partial charge in [-0.1, -0.05) is 11.2 Å². The van der Waals surface area contributed by atoms with Gasteiger partial charge in [-0.25, -0.2) is 9.37 Å². The molecular formula is C22H17FN6O2. The Hall–Kier alpha value is -4.01. The second-order valence-corrected chi connectivity index (χ2v) is 7.24. The first-order valence-electron chi connectivity index (χ1n) is 9.74. The van der Waals surface area contributed by atoms with E-state index in [-0.39, 0.29) is 17.5 Å². The average Bonchev–Trinajstić information content (AvgIpc) is 3.48. The zero-order valence-corrected chi connectivity index (χ0v) is 16.3. The molecule has 0 bridgehead atoms. The van der Waals surface area contributed by atoms with Crippen LogP contribution in [0.5, 0.6) is 0 Å². The largest absolute Gasteiger partial charge is 0.339 e. The molecule has 4 aromatic heterocycles. The van der Waals surface area contributed by atoms with Crippen LogP contribution in [0.25, 0.3) is 11.4 Å². The summed E-state index contributed by atoms with van der Waals surface area (Å²) in [5.41, 5.74) is 1.52. The molecular weight excluding hydrogens is 399 g/mol. The standard InChI is InChI=1S/C22H17FN6O2/c23-18-4-2-8-26-19(18)22(30)29-12-16(15-3-1-7-25-11-15)17(13-29)21-27-20(28-31-21)14-5-9-24-10-6-14/h1-11,16-17H,12-13H2/t16-,17+/m0/s1. The van der Waals surface area contributed by atoms with E-state index in [4.69, 9.17) is 4.52 Å². The first kappa shape index (κ1) is 19.0. The van der Waals surface area contributed by atoms with Crippen LogP contribution in [0.4, 0.5) is 4.39 Å². The number of rotatable bonds is 4. The third kappa shape index (κ3) is 3.65. The maximum atomic E-state index is 14.2. The van der Waals surface area contributed by atoms with Gasteiger partial charge in [0.1, 0.15) is 0 Å². The van der Waals surface area contributed by atoms with Crippen molar-refractivity contribution >= 4 is 5.91 Å². The average molecular weight is 416 g/mol. The number of carbonyl (C=O) groups excluding carboxylic acids is 1. The maximum Gasteiger partial charge on any atom is 0.275 e. The van der Waals surface area contributed by atoms with Gasteiger partial charge in [0.25, 0.3) is 5.91 Å². The van der Waals surface area contributed by atoms with E-state index in [1.54, 1.807) is 41.8 Å². The van der Waals surface area contributed by atoms with Crippen molar-refractivity contribution in [3.05, 3.63) is 90.3 Å². The highest BCUT2D eigenvalue weighted by Gasteiger charge is 2.41. The van der Waals surface area contributed by atoms with Crippen LogP contribution in [0, 0.1) is 5.82 Å². The van der Waals surface area contributed by atoms with E-state index in [1.807, 2.05) is 12.1 Å². The van der Waals surface area contributed by atoms with Crippen molar-refractivity contribution in [2.45, 2.75) is 11.8 Å². The maximum absolute atomic E-state index is 14.2. The number of amides is 1. The van der Waals surface area contributed by atoms with Crippen molar-refractivity contribution in [2.75, 3.05) is 13.1 Å². The minimum absolute atomic E-state index is 0.129. The molecule has 2 atom stereocenters. The van der Waals surface area contributed by atoms with E-state index in [0.717, 1.165) is 11.1 Å². The Morgan fingerprint density at radius 1 is 1.00 bits per heavy atom. The molecule has 1 fully saturated rings. The summed E-state index contributed by atoms with van der Waals surface area (Å²) >= 11 is 0. The quantitative estimate of drug-likeness (QED) is 0.504. The predicted molar refractivity (Wildman–Crippen MR) is 107 cm³/mol. The van der Waals surface area contributed by atoms with Gasteiger partial charge in [-0.15, -0.1) is 0 Å². The fourth-order valence-corrected chi connectivity index (χ4v) is 3.85. The van der Waals surface area contributed by atoms with Gasteiger partial charge in [-0.2, -0.15) is 4.98 Å². The van der Waals surface area contributed by atoms with Gasteiger partial charge in [-0.05, 0) is 35.9 Å². The van der Waals surface area contributed by atoms with Crippen molar-refractivity contribution in [3.8, 4) is 11.4 Å². The molecule has 4 aromatic rings. The summed E-state index contributed by atoms with van der Waals surface area (Å²) in [6, 6.07) is 10.1.